The molecule has 21 heavy (non-hydrogen) atoms. The molecule has 2 aromatic rings. The maximum atomic E-state index is 12.3. The van der Waals surface area contributed by atoms with E-state index in [1.807, 2.05) is 25.1 Å². The third-order valence-corrected chi connectivity index (χ3v) is 3.86. The molecule has 110 valence electrons. The van der Waals surface area contributed by atoms with Crippen LogP contribution in [0.3, 0.4) is 0 Å². The van der Waals surface area contributed by atoms with Crippen LogP contribution in [0.25, 0.3) is 0 Å². The number of carboxylic acid groups (broad SMARTS) is 1. The topological polar surface area (TPSA) is 59.3 Å². The van der Waals surface area contributed by atoms with Crippen molar-refractivity contribution < 1.29 is 9.90 Å². The number of benzene rings is 1. The minimum Gasteiger partial charge on any atom is -0.477 e. The van der Waals surface area contributed by atoms with Gasteiger partial charge in [0.15, 0.2) is 0 Å². The molecule has 0 bridgehead atoms. The zero-order valence-electron chi connectivity index (χ0n) is 11.8. The maximum Gasteiger partial charge on any atom is 0.341 e. The number of halogens is 1. The van der Waals surface area contributed by atoms with Gasteiger partial charge in [0.2, 0.25) is 0 Å². The first-order chi connectivity index (χ1) is 9.91. The van der Waals surface area contributed by atoms with Crippen molar-refractivity contribution in [2.24, 2.45) is 0 Å². The number of hydrogen-bond acceptors (Lipinski definition) is 2. The average Bonchev–Trinajstić information content (AvgIpc) is 2.41. The molecule has 5 heteroatoms. The summed E-state index contributed by atoms with van der Waals surface area (Å²) in [4.78, 5) is 23.5. The van der Waals surface area contributed by atoms with E-state index in [9.17, 15) is 9.59 Å². The van der Waals surface area contributed by atoms with E-state index in [0.29, 0.717) is 17.0 Å². The van der Waals surface area contributed by atoms with E-state index < -0.39 is 11.5 Å². The molecule has 0 fully saturated rings. The van der Waals surface area contributed by atoms with E-state index in [4.69, 9.17) is 16.7 Å². The maximum absolute atomic E-state index is 12.3. The molecule has 0 aliphatic carbocycles. The lowest BCUT2D eigenvalue weighted by molar-refractivity contribution is 0.0693. The lowest BCUT2D eigenvalue weighted by Crippen LogP contribution is -2.30. The first kappa shape index (κ1) is 15.3. The van der Waals surface area contributed by atoms with Gasteiger partial charge in [0.05, 0.1) is 0 Å². The van der Waals surface area contributed by atoms with Gasteiger partial charge in [0, 0.05) is 17.3 Å². The number of aromatic carboxylic acids is 1. The van der Waals surface area contributed by atoms with Crippen molar-refractivity contribution in [3.63, 3.8) is 0 Å². The normalized spacial score (nSPS) is 12.1. The number of carboxylic acids is 1. The summed E-state index contributed by atoms with van der Waals surface area (Å²) in [5.41, 5.74) is 0.732. The summed E-state index contributed by atoms with van der Waals surface area (Å²) in [6.07, 6.45) is 2.19. The average molecular weight is 306 g/mol. The van der Waals surface area contributed by atoms with Crippen LogP contribution in [0.5, 0.6) is 0 Å². The Morgan fingerprint density at radius 2 is 2.00 bits per heavy atom. The molecule has 0 saturated carbocycles. The molecular formula is C16H16ClNO3. The van der Waals surface area contributed by atoms with Crippen LogP contribution in [0.2, 0.25) is 5.02 Å². The Morgan fingerprint density at radius 3 is 2.62 bits per heavy atom. The van der Waals surface area contributed by atoms with Gasteiger partial charge in [-0.3, -0.25) is 4.79 Å². The van der Waals surface area contributed by atoms with Gasteiger partial charge < -0.3 is 9.67 Å². The largest absolute Gasteiger partial charge is 0.477 e. The molecule has 1 aromatic heterocycles. The highest BCUT2D eigenvalue weighted by molar-refractivity contribution is 6.31. The van der Waals surface area contributed by atoms with Crippen LogP contribution in [-0.2, 0) is 6.42 Å². The number of nitrogens with zero attached hydrogens (tertiary/aromatic N) is 1. The molecular weight excluding hydrogens is 290 g/mol. The highest BCUT2D eigenvalue weighted by Crippen LogP contribution is 2.20. The van der Waals surface area contributed by atoms with Crippen molar-refractivity contribution >= 4 is 17.6 Å². The smallest absolute Gasteiger partial charge is 0.341 e. The van der Waals surface area contributed by atoms with Gasteiger partial charge in [-0.1, -0.05) is 29.8 Å². The van der Waals surface area contributed by atoms with Crippen LogP contribution in [0.4, 0.5) is 0 Å². The summed E-state index contributed by atoms with van der Waals surface area (Å²) in [5.74, 6) is -1.20. The van der Waals surface area contributed by atoms with Crippen molar-refractivity contribution in [3.05, 3.63) is 68.6 Å². The Bertz CT molecular complexity index is 737. The van der Waals surface area contributed by atoms with Gasteiger partial charge in [0.1, 0.15) is 5.56 Å². The summed E-state index contributed by atoms with van der Waals surface area (Å²) >= 11 is 6.12. The lowest BCUT2D eigenvalue weighted by atomic mass is 10.1. The fourth-order valence-electron chi connectivity index (χ4n) is 2.33. The fourth-order valence-corrected chi connectivity index (χ4v) is 2.54. The Hall–Kier alpha value is -2.07. The minimum absolute atomic E-state index is 0.177. The molecule has 0 aliphatic rings. The molecule has 0 radical (unpaired) electrons. The quantitative estimate of drug-likeness (QED) is 0.942. The number of pyridine rings is 1. The predicted octanol–water partition coefficient (Wildman–Crippen LogP) is 3.31. The van der Waals surface area contributed by atoms with Crippen LogP contribution in [0, 0.1) is 6.92 Å². The van der Waals surface area contributed by atoms with Gasteiger partial charge in [-0.2, -0.15) is 0 Å². The van der Waals surface area contributed by atoms with Crippen LogP contribution in [0.15, 0.2) is 41.3 Å². The highest BCUT2D eigenvalue weighted by Gasteiger charge is 2.17. The molecule has 1 atom stereocenters. The molecule has 1 heterocycles. The molecule has 1 N–H and O–H groups in total. The van der Waals surface area contributed by atoms with Crippen LogP contribution in [0.1, 0.15) is 34.5 Å². The zero-order chi connectivity index (χ0) is 15.6. The standard InChI is InChI=1S/C16H16ClNO3/c1-10-7-8-18(15(19)14(10)16(20)21)11(2)9-12-5-3-4-6-13(12)17/h3-8,11H,9H2,1-2H3,(H,20,21). The molecule has 1 aromatic carbocycles. The summed E-state index contributed by atoms with van der Waals surface area (Å²) in [6.45, 7) is 3.49. The lowest BCUT2D eigenvalue weighted by Gasteiger charge is -2.17. The van der Waals surface area contributed by atoms with E-state index in [1.165, 1.54) is 4.57 Å². The third-order valence-electron chi connectivity index (χ3n) is 3.49. The number of aromatic nitrogens is 1. The second-order valence-corrected chi connectivity index (χ2v) is 5.44. The van der Waals surface area contributed by atoms with Crippen molar-refractivity contribution in [2.75, 3.05) is 0 Å². The van der Waals surface area contributed by atoms with Crippen LogP contribution in [-0.4, -0.2) is 15.6 Å². The second kappa shape index (κ2) is 6.14. The van der Waals surface area contributed by atoms with E-state index in [-0.39, 0.29) is 11.6 Å². The van der Waals surface area contributed by atoms with Gasteiger partial charge in [0.25, 0.3) is 5.56 Å². The van der Waals surface area contributed by atoms with Crippen molar-refractivity contribution in [2.45, 2.75) is 26.3 Å². The molecule has 4 nitrogen and oxygen atoms in total. The monoisotopic (exact) mass is 305 g/mol. The first-order valence-electron chi connectivity index (χ1n) is 6.60. The van der Waals surface area contributed by atoms with Crippen LogP contribution >= 0.6 is 11.6 Å². The zero-order valence-corrected chi connectivity index (χ0v) is 12.6. The van der Waals surface area contributed by atoms with Crippen LogP contribution < -0.4 is 5.56 Å². The van der Waals surface area contributed by atoms with Crippen molar-refractivity contribution in [1.82, 2.24) is 4.57 Å². The number of rotatable bonds is 4. The molecule has 1 unspecified atom stereocenters. The number of carbonyl (C=O) groups is 1. The number of aryl methyl sites for hydroxylation is 1. The van der Waals surface area contributed by atoms with Gasteiger partial charge in [-0.25, -0.2) is 4.79 Å². The summed E-state index contributed by atoms with van der Waals surface area (Å²) in [5, 5.41) is 9.79. The SMILES string of the molecule is Cc1ccn(C(C)Cc2ccccc2Cl)c(=O)c1C(=O)O. The van der Waals surface area contributed by atoms with E-state index >= 15 is 0 Å². The third kappa shape index (κ3) is 3.16. The summed E-state index contributed by atoms with van der Waals surface area (Å²) in [6, 6.07) is 8.89. The predicted molar refractivity (Wildman–Crippen MR) is 82.3 cm³/mol. The Morgan fingerprint density at radius 1 is 1.33 bits per heavy atom. The fraction of sp³-hybridized carbons (Fsp3) is 0.250. The van der Waals surface area contributed by atoms with Gasteiger partial charge >= 0.3 is 5.97 Å². The first-order valence-corrected chi connectivity index (χ1v) is 6.98. The Balaban J connectivity index is 2.39. The molecule has 2 rings (SSSR count). The Kier molecular flexibility index (Phi) is 4.48. The van der Waals surface area contributed by atoms with Crippen molar-refractivity contribution in [3.8, 4) is 0 Å². The molecule has 0 saturated heterocycles. The number of hydrogen-bond donors (Lipinski definition) is 1. The van der Waals surface area contributed by atoms with E-state index in [0.717, 1.165) is 5.56 Å². The minimum atomic E-state index is -1.20. The highest BCUT2D eigenvalue weighted by atomic mass is 35.5. The van der Waals surface area contributed by atoms with E-state index in [1.54, 1.807) is 25.3 Å². The second-order valence-electron chi connectivity index (χ2n) is 5.04. The Labute approximate surface area is 127 Å². The molecule has 0 spiro atoms. The van der Waals surface area contributed by atoms with Gasteiger partial charge in [-0.15, -0.1) is 0 Å². The van der Waals surface area contributed by atoms with E-state index in [2.05, 4.69) is 0 Å². The van der Waals surface area contributed by atoms with Crippen molar-refractivity contribution in [1.29, 1.82) is 0 Å². The molecule has 0 amide bonds. The summed E-state index contributed by atoms with van der Waals surface area (Å²) < 4.78 is 1.44. The van der Waals surface area contributed by atoms with Gasteiger partial charge in [-0.05, 0) is 43.5 Å². The summed E-state index contributed by atoms with van der Waals surface area (Å²) in [7, 11) is 0. The molecule has 0 aliphatic heterocycles.